The molecule has 7 N–H and O–H groups in total. The molecule has 36 heavy (non-hydrogen) atoms. The Morgan fingerprint density at radius 1 is 1.14 bits per heavy atom. The highest BCUT2D eigenvalue weighted by Crippen LogP contribution is 2.21. The quantitative estimate of drug-likeness (QED) is 0.160. The number of para-hydroxylation sites is 1. The first-order valence-corrected chi connectivity index (χ1v) is 12.0. The number of halogens is 1. The van der Waals surface area contributed by atoms with E-state index in [4.69, 9.17) is 11.5 Å². The largest absolute Gasteiger partial charge is 0.370 e. The third kappa shape index (κ3) is 8.51. The van der Waals surface area contributed by atoms with Crippen LogP contribution in [0.2, 0.25) is 0 Å². The van der Waals surface area contributed by atoms with Crippen molar-refractivity contribution in [3.63, 3.8) is 0 Å². The van der Waals surface area contributed by atoms with Crippen LogP contribution in [0.4, 0.5) is 14.9 Å². The van der Waals surface area contributed by atoms with Crippen molar-refractivity contribution in [2.24, 2.45) is 22.4 Å². The van der Waals surface area contributed by atoms with Crippen molar-refractivity contribution in [3.05, 3.63) is 30.3 Å². The lowest BCUT2D eigenvalue weighted by molar-refractivity contribution is -0.141. The maximum atomic E-state index is 13.4. The molecule has 4 amide bonds. The van der Waals surface area contributed by atoms with Crippen LogP contribution in [-0.2, 0) is 14.4 Å². The van der Waals surface area contributed by atoms with Gasteiger partial charge in [0.05, 0.1) is 6.04 Å². The summed E-state index contributed by atoms with van der Waals surface area (Å²) in [5.74, 6) is -2.04. The number of carbonyl (C=O) groups is 4. The zero-order valence-corrected chi connectivity index (χ0v) is 20.7. The SMILES string of the molecule is CC(C)C(NC(=O)Nc1ccccc1)C(=O)N1CCC[C@H]1C(=O)N[C@@H](CCCN=C(N)N)C(=O)CF. The predicted octanol–water partition coefficient (Wildman–Crippen LogP) is 0.901. The Kier molecular flexibility index (Phi) is 11.1. The number of rotatable bonds is 12. The molecule has 0 aromatic heterocycles. The van der Waals surface area contributed by atoms with E-state index >= 15 is 0 Å². The molecule has 12 heteroatoms. The highest BCUT2D eigenvalue weighted by Gasteiger charge is 2.39. The van der Waals surface area contributed by atoms with E-state index < -0.39 is 48.4 Å². The molecular weight excluding hydrogens is 469 g/mol. The molecule has 0 spiro atoms. The molecule has 0 radical (unpaired) electrons. The number of benzene rings is 1. The fourth-order valence-electron chi connectivity index (χ4n) is 4.00. The maximum Gasteiger partial charge on any atom is 0.319 e. The zero-order valence-electron chi connectivity index (χ0n) is 20.7. The minimum Gasteiger partial charge on any atom is -0.370 e. The first kappa shape index (κ1) is 28.5. The monoisotopic (exact) mass is 505 g/mol. The summed E-state index contributed by atoms with van der Waals surface area (Å²) in [5, 5.41) is 7.98. The second kappa shape index (κ2) is 14.0. The number of hydrogen-bond acceptors (Lipinski definition) is 5. The molecule has 1 unspecified atom stereocenters. The molecule has 198 valence electrons. The number of nitrogens with two attached hydrogens (primary N) is 2. The minimum absolute atomic E-state index is 0.0988. The van der Waals surface area contributed by atoms with Crippen LogP contribution >= 0.6 is 0 Å². The van der Waals surface area contributed by atoms with Gasteiger partial charge in [0, 0.05) is 18.8 Å². The molecule has 1 heterocycles. The Morgan fingerprint density at radius 2 is 1.83 bits per heavy atom. The summed E-state index contributed by atoms with van der Waals surface area (Å²) in [7, 11) is 0. The molecule has 1 fully saturated rings. The predicted molar refractivity (Wildman–Crippen MR) is 135 cm³/mol. The zero-order chi connectivity index (χ0) is 26.7. The number of amides is 4. The Morgan fingerprint density at radius 3 is 2.44 bits per heavy atom. The van der Waals surface area contributed by atoms with Crippen LogP contribution in [0.3, 0.4) is 0 Å². The normalized spacial score (nSPS) is 16.7. The molecule has 0 bridgehead atoms. The van der Waals surface area contributed by atoms with Crippen molar-refractivity contribution >= 4 is 35.3 Å². The van der Waals surface area contributed by atoms with Gasteiger partial charge in [-0.05, 0) is 43.7 Å². The van der Waals surface area contributed by atoms with E-state index in [0.717, 1.165) is 0 Å². The number of hydrogen-bond donors (Lipinski definition) is 5. The molecule has 0 aliphatic carbocycles. The molecule has 3 atom stereocenters. The van der Waals surface area contributed by atoms with E-state index in [1.165, 1.54) is 4.90 Å². The summed E-state index contributed by atoms with van der Waals surface area (Å²) in [6.07, 6.45) is 1.49. The lowest BCUT2D eigenvalue weighted by Crippen LogP contribution is -2.57. The number of carbonyl (C=O) groups excluding carboxylic acids is 4. The van der Waals surface area contributed by atoms with Crippen LogP contribution in [-0.4, -0.2) is 72.4 Å². The average Bonchev–Trinajstić information content (AvgIpc) is 3.34. The van der Waals surface area contributed by atoms with Gasteiger partial charge in [0.15, 0.2) is 11.7 Å². The van der Waals surface area contributed by atoms with Crippen molar-refractivity contribution in [3.8, 4) is 0 Å². The van der Waals surface area contributed by atoms with E-state index in [-0.39, 0.29) is 24.8 Å². The van der Waals surface area contributed by atoms with Crippen molar-refractivity contribution in [1.29, 1.82) is 0 Å². The van der Waals surface area contributed by atoms with Gasteiger partial charge in [-0.3, -0.25) is 19.4 Å². The molecule has 1 aliphatic heterocycles. The Balaban J connectivity index is 2.05. The second-order valence-electron chi connectivity index (χ2n) is 8.99. The summed E-state index contributed by atoms with van der Waals surface area (Å²) in [6.45, 7) is 2.92. The average molecular weight is 506 g/mol. The van der Waals surface area contributed by atoms with E-state index in [2.05, 4.69) is 20.9 Å². The number of nitrogens with one attached hydrogen (secondary N) is 3. The number of ketones is 1. The maximum absolute atomic E-state index is 13.4. The Bertz CT molecular complexity index is 938. The van der Waals surface area contributed by atoms with Gasteiger partial charge in [-0.1, -0.05) is 32.0 Å². The number of urea groups is 1. The van der Waals surface area contributed by atoms with Gasteiger partial charge in [-0.15, -0.1) is 0 Å². The van der Waals surface area contributed by atoms with Gasteiger partial charge in [-0.2, -0.15) is 0 Å². The van der Waals surface area contributed by atoms with Crippen LogP contribution in [0.25, 0.3) is 0 Å². The van der Waals surface area contributed by atoms with Gasteiger partial charge in [0.2, 0.25) is 11.8 Å². The van der Waals surface area contributed by atoms with Gasteiger partial charge < -0.3 is 32.3 Å². The van der Waals surface area contributed by atoms with Gasteiger partial charge in [-0.25, -0.2) is 9.18 Å². The highest BCUT2D eigenvalue weighted by atomic mass is 19.1. The lowest BCUT2D eigenvalue weighted by Gasteiger charge is -2.31. The van der Waals surface area contributed by atoms with Crippen molar-refractivity contribution < 1.29 is 23.6 Å². The fraction of sp³-hybridized carbons (Fsp3) is 0.542. The van der Waals surface area contributed by atoms with Crippen molar-refractivity contribution in [2.75, 3.05) is 25.1 Å². The van der Waals surface area contributed by atoms with Crippen LogP contribution in [0.15, 0.2) is 35.3 Å². The van der Waals surface area contributed by atoms with Crippen LogP contribution < -0.4 is 27.4 Å². The fourth-order valence-corrected chi connectivity index (χ4v) is 4.00. The third-order valence-electron chi connectivity index (χ3n) is 5.87. The topological polar surface area (TPSA) is 172 Å². The molecule has 1 saturated heterocycles. The van der Waals surface area contributed by atoms with Gasteiger partial charge >= 0.3 is 6.03 Å². The van der Waals surface area contributed by atoms with Crippen molar-refractivity contribution in [1.82, 2.24) is 15.5 Å². The van der Waals surface area contributed by atoms with Crippen LogP contribution in [0.5, 0.6) is 0 Å². The number of Topliss-reactive ketones (excluding diaryl/α,β-unsaturated/α-hetero) is 1. The first-order valence-electron chi connectivity index (χ1n) is 12.0. The van der Waals surface area contributed by atoms with Crippen LogP contribution in [0, 0.1) is 5.92 Å². The van der Waals surface area contributed by atoms with E-state index in [1.54, 1.807) is 38.1 Å². The number of likely N-dealkylation sites (tertiary alicyclic amines) is 1. The van der Waals surface area contributed by atoms with Crippen LogP contribution in [0.1, 0.15) is 39.5 Å². The minimum atomic E-state index is -1.23. The lowest BCUT2D eigenvalue weighted by atomic mass is 10.0. The smallest absolute Gasteiger partial charge is 0.319 e. The summed E-state index contributed by atoms with van der Waals surface area (Å²) < 4.78 is 13.1. The summed E-state index contributed by atoms with van der Waals surface area (Å²) in [5.41, 5.74) is 11.1. The van der Waals surface area contributed by atoms with Gasteiger partial charge in [0.25, 0.3) is 0 Å². The molecule has 1 aliphatic rings. The van der Waals surface area contributed by atoms with Crippen molar-refractivity contribution in [2.45, 2.75) is 57.7 Å². The summed E-state index contributed by atoms with van der Waals surface area (Å²) in [6, 6.07) is 5.52. The van der Waals surface area contributed by atoms with Gasteiger partial charge in [0.1, 0.15) is 18.8 Å². The molecule has 0 saturated carbocycles. The molecule has 11 nitrogen and oxygen atoms in total. The van der Waals surface area contributed by atoms with E-state index in [1.807, 2.05) is 6.07 Å². The number of nitrogens with zero attached hydrogens (tertiary/aromatic N) is 2. The molecular formula is C24H36FN7O4. The Hall–Kier alpha value is -3.70. The first-order chi connectivity index (χ1) is 17.1. The number of aliphatic imine (C=N–C) groups is 1. The molecule has 1 aromatic carbocycles. The summed E-state index contributed by atoms with van der Waals surface area (Å²) >= 11 is 0. The standard InChI is InChI=1S/C24H36FN7O4/c1-15(2)20(31-24(36)29-16-8-4-3-5-9-16)22(35)32-13-7-11-18(32)21(34)30-17(19(33)14-25)10-6-12-28-23(26)27/h3-5,8-9,15,17-18,20H,6-7,10-14H2,1-2H3,(H,30,34)(H4,26,27,28)(H2,29,31,36)/t17-,18-,20?/m0/s1. The third-order valence-corrected chi connectivity index (χ3v) is 5.87. The van der Waals surface area contributed by atoms with E-state index in [9.17, 15) is 23.6 Å². The highest BCUT2D eigenvalue weighted by molar-refractivity contribution is 5.97. The second-order valence-corrected chi connectivity index (χ2v) is 8.99. The van der Waals surface area contributed by atoms with E-state index in [0.29, 0.717) is 31.5 Å². The molecule has 1 aromatic rings. The Labute approximate surface area is 210 Å². The number of anilines is 1. The summed E-state index contributed by atoms with van der Waals surface area (Å²) in [4.78, 5) is 56.2. The number of guanidine groups is 1. The molecule has 2 rings (SSSR count). The number of alkyl halides is 1.